The fourth-order valence-corrected chi connectivity index (χ4v) is 3.52. The van der Waals surface area contributed by atoms with Gasteiger partial charge in [0.15, 0.2) is 0 Å². The first kappa shape index (κ1) is 15.0. The van der Waals surface area contributed by atoms with Crippen LogP contribution >= 0.6 is 39.0 Å². The summed E-state index contributed by atoms with van der Waals surface area (Å²) in [4.78, 5) is 7.06. The van der Waals surface area contributed by atoms with E-state index in [2.05, 4.69) is 64.3 Å². The molecule has 1 aromatic heterocycles. The van der Waals surface area contributed by atoms with Gasteiger partial charge in [-0.05, 0) is 24.3 Å². The quantitative estimate of drug-likeness (QED) is 0.759. The summed E-state index contributed by atoms with van der Waals surface area (Å²) in [6.45, 7) is 5.23. The van der Waals surface area contributed by atoms with E-state index >= 15 is 0 Å². The molecule has 2 nitrogen and oxygen atoms in total. The van der Waals surface area contributed by atoms with Crippen molar-refractivity contribution in [2.24, 2.45) is 0 Å². The van der Waals surface area contributed by atoms with Crippen LogP contribution in [-0.4, -0.2) is 11.0 Å². The second-order valence-electron chi connectivity index (χ2n) is 4.50. The summed E-state index contributed by atoms with van der Waals surface area (Å²) in [6.07, 6.45) is 1.98. The maximum Gasteiger partial charge on any atom is 0.103 e. The molecule has 2 rings (SSSR count). The first-order valence-electron chi connectivity index (χ1n) is 6.19. The van der Waals surface area contributed by atoms with Crippen LogP contribution in [0.25, 0.3) is 0 Å². The van der Waals surface area contributed by atoms with E-state index in [1.807, 2.05) is 18.0 Å². The first-order chi connectivity index (χ1) is 9.13. The molecule has 0 saturated carbocycles. The molecule has 0 bridgehead atoms. The van der Waals surface area contributed by atoms with Gasteiger partial charge < -0.3 is 5.32 Å². The van der Waals surface area contributed by atoms with Gasteiger partial charge in [0.1, 0.15) is 5.01 Å². The maximum absolute atomic E-state index is 4.48. The third kappa shape index (κ3) is 5.26. The lowest BCUT2D eigenvalue weighted by Crippen LogP contribution is -2.21. The summed E-state index contributed by atoms with van der Waals surface area (Å²) >= 11 is 7.07. The van der Waals surface area contributed by atoms with Crippen LogP contribution in [0.1, 0.15) is 23.7 Å². The van der Waals surface area contributed by atoms with Crippen LogP contribution in [0.4, 0.5) is 0 Å². The fraction of sp³-hybridized carbons (Fsp3) is 0.357. The second-order valence-corrected chi connectivity index (χ2v) is 7.66. The van der Waals surface area contributed by atoms with Crippen LogP contribution in [0.3, 0.4) is 0 Å². The number of nitrogens with zero attached hydrogens (tertiary/aromatic N) is 1. The zero-order chi connectivity index (χ0) is 13.7. The Kier molecular flexibility index (Phi) is 5.88. The van der Waals surface area contributed by atoms with Gasteiger partial charge in [-0.1, -0.05) is 29.8 Å². The Morgan fingerprint density at radius 2 is 2.05 bits per heavy atom. The molecule has 5 heteroatoms. The van der Waals surface area contributed by atoms with Gasteiger partial charge in [0.2, 0.25) is 0 Å². The van der Waals surface area contributed by atoms with E-state index in [4.69, 9.17) is 0 Å². The third-order valence-corrected chi connectivity index (χ3v) is 5.19. The predicted molar refractivity (Wildman–Crippen MR) is 87.8 cm³/mol. The van der Waals surface area contributed by atoms with Crippen molar-refractivity contribution in [3.05, 3.63) is 44.8 Å². The predicted octanol–water partition coefficient (Wildman–Crippen LogP) is 4.70. The molecule has 0 spiro atoms. The number of aromatic nitrogens is 1. The summed E-state index contributed by atoms with van der Waals surface area (Å²) in [5.41, 5.74) is 0. The third-order valence-electron chi connectivity index (χ3n) is 2.46. The number of hydrogen-bond donors (Lipinski definition) is 1. The average Bonchev–Trinajstić information content (AvgIpc) is 2.84. The van der Waals surface area contributed by atoms with Gasteiger partial charge in [0.05, 0.1) is 5.75 Å². The molecule has 0 amide bonds. The number of thioether (sulfide) groups is 1. The maximum atomic E-state index is 4.48. The van der Waals surface area contributed by atoms with Crippen LogP contribution in [-0.2, 0) is 12.3 Å². The van der Waals surface area contributed by atoms with E-state index < -0.39 is 0 Å². The van der Waals surface area contributed by atoms with E-state index in [0.717, 1.165) is 16.8 Å². The van der Waals surface area contributed by atoms with Crippen molar-refractivity contribution in [2.75, 3.05) is 0 Å². The molecular formula is C14H17BrN2S2. The summed E-state index contributed by atoms with van der Waals surface area (Å²) in [7, 11) is 0. The van der Waals surface area contributed by atoms with Gasteiger partial charge in [-0.2, -0.15) is 0 Å². The second kappa shape index (κ2) is 7.43. The topological polar surface area (TPSA) is 24.9 Å². The molecule has 102 valence electrons. The number of halogens is 1. The van der Waals surface area contributed by atoms with E-state index in [-0.39, 0.29) is 0 Å². The summed E-state index contributed by atoms with van der Waals surface area (Å²) in [6, 6.07) is 8.92. The van der Waals surface area contributed by atoms with Crippen molar-refractivity contribution < 1.29 is 0 Å². The van der Waals surface area contributed by atoms with Gasteiger partial charge >= 0.3 is 0 Å². The largest absolute Gasteiger partial charge is 0.310 e. The Labute approximate surface area is 131 Å². The van der Waals surface area contributed by atoms with Gasteiger partial charge in [-0.25, -0.2) is 4.98 Å². The van der Waals surface area contributed by atoms with E-state index in [1.54, 1.807) is 11.3 Å². The molecule has 19 heavy (non-hydrogen) atoms. The number of nitrogens with one attached hydrogen (secondary N) is 1. The van der Waals surface area contributed by atoms with Gasteiger partial charge in [0, 0.05) is 33.0 Å². The Balaban J connectivity index is 1.84. The van der Waals surface area contributed by atoms with Crippen molar-refractivity contribution in [1.82, 2.24) is 10.3 Å². The average molecular weight is 357 g/mol. The highest BCUT2D eigenvalue weighted by Crippen LogP contribution is 2.26. The van der Waals surface area contributed by atoms with Crippen LogP contribution in [0.15, 0.2) is 39.8 Å². The normalized spacial score (nSPS) is 11.2. The zero-order valence-corrected chi connectivity index (χ0v) is 14.2. The van der Waals surface area contributed by atoms with Crippen molar-refractivity contribution in [1.29, 1.82) is 0 Å². The standard InChI is InChI=1S/C14H17BrN2S2/c1-10(2)16-7-13-8-17-14(19-13)9-18-12-5-3-11(15)4-6-12/h3-6,8,10,16H,7,9H2,1-2H3. The molecule has 1 N–H and O–H groups in total. The van der Waals surface area contributed by atoms with Crippen LogP contribution in [0.5, 0.6) is 0 Å². The molecule has 0 saturated heterocycles. The minimum absolute atomic E-state index is 0.516. The monoisotopic (exact) mass is 356 g/mol. The summed E-state index contributed by atoms with van der Waals surface area (Å²) in [5, 5.41) is 4.60. The molecule has 0 unspecified atom stereocenters. The molecule has 0 radical (unpaired) electrons. The Bertz CT molecular complexity index is 508. The molecule has 0 atom stereocenters. The number of thiazole rings is 1. The molecule has 1 aromatic carbocycles. The molecule has 1 heterocycles. The molecule has 2 aromatic rings. The summed E-state index contributed by atoms with van der Waals surface area (Å²) in [5.74, 6) is 0.938. The number of hydrogen-bond acceptors (Lipinski definition) is 4. The lowest BCUT2D eigenvalue weighted by molar-refractivity contribution is 0.593. The van der Waals surface area contributed by atoms with Gasteiger partial charge in [-0.15, -0.1) is 23.1 Å². The molecule has 0 aliphatic heterocycles. The van der Waals surface area contributed by atoms with Crippen molar-refractivity contribution in [2.45, 2.75) is 37.1 Å². The lowest BCUT2D eigenvalue weighted by atomic mass is 10.4. The van der Waals surface area contributed by atoms with Crippen LogP contribution in [0.2, 0.25) is 0 Å². The SMILES string of the molecule is CC(C)NCc1cnc(CSc2ccc(Br)cc2)s1. The lowest BCUT2D eigenvalue weighted by Gasteiger charge is -2.04. The molecular weight excluding hydrogens is 340 g/mol. The highest BCUT2D eigenvalue weighted by atomic mass is 79.9. The van der Waals surface area contributed by atoms with Crippen molar-refractivity contribution in [3.63, 3.8) is 0 Å². The summed E-state index contributed by atoms with van der Waals surface area (Å²) < 4.78 is 1.12. The van der Waals surface area contributed by atoms with Gasteiger partial charge in [0.25, 0.3) is 0 Å². The minimum atomic E-state index is 0.516. The highest BCUT2D eigenvalue weighted by Gasteiger charge is 2.04. The smallest absolute Gasteiger partial charge is 0.103 e. The molecule has 0 fully saturated rings. The van der Waals surface area contributed by atoms with E-state index in [1.165, 1.54) is 14.8 Å². The zero-order valence-electron chi connectivity index (χ0n) is 11.0. The van der Waals surface area contributed by atoms with Crippen LogP contribution < -0.4 is 5.32 Å². The highest BCUT2D eigenvalue weighted by molar-refractivity contribution is 9.10. The Morgan fingerprint density at radius 1 is 1.32 bits per heavy atom. The minimum Gasteiger partial charge on any atom is -0.310 e. The van der Waals surface area contributed by atoms with Gasteiger partial charge in [-0.3, -0.25) is 0 Å². The number of rotatable bonds is 6. The molecule has 0 aliphatic rings. The van der Waals surface area contributed by atoms with E-state index in [9.17, 15) is 0 Å². The van der Waals surface area contributed by atoms with Crippen molar-refractivity contribution >= 4 is 39.0 Å². The number of benzene rings is 1. The Hall–Kier alpha value is -0.360. The van der Waals surface area contributed by atoms with E-state index in [0.29, 0.717) is 6.04 Å². The fourth-order valence-electron chi connectivity index (χ4n) is 1.48. The Morgan fingerprint density at radius 3 is 2.74 bits per heavy atom. The molecule has 0 aliphatic carbocycles. The van der Waals surface area contributed by atoms with Crippen molar-refractivity contribution in [3.8, 4) is 0 Å². The first-order valence-corrected chi connectivity index (χ1v) is 8.78. The van der Waals surface area contributed by atoms with Crippen LogP contribution in [0, 0.1) is 0 Å².